The SMILES string of the molecule is N#Cc1cc(F)c(NC2CCCCC2N)c(F)c1. The quantitative estimate of drug-likeness (QED) is 0.849. The first-order chi connectivity index (χ1) is 8.61. The third-order valence-corrected chi connectivity index (χ3v) is 3.32. The van der Waals surface area contributed by atoms with E-state index in [2.05, 4.69) is 5.32 Å². The first-order valence-electron chi connectivity index (χ1n) is 6.03. The molecule has 0 radical (unpaired) electrons. The molecule has 18 heavy (non-hydrogen) atoms. The van der Waals surface area contributed by atoms with E-state index in [1.54, 1.807) is 6.07 Å². The van der Waals surface area contributed by atoms with Crippen LogP contribution in [0.1, 0.15) is 31.2 Å². The van der Waals surface area contributed by atoms with Gasteiger partial charge in [0, 0.05) is 12.1 Å². The Bertz CT molecular complexity index is 459. The molecule has 0 spiro atoms. The summed E-state index contributed by atoms with van der Waals surface area (Å²) in [6.45, 7) is 0. The molecule has 1 aromatic carbocycles. The van der Waals surface area contributed by atoms with Crippen molar-refractivity contribution in [1.82, 2.24) is 0 Å². The molecule has 96 valence electrons. The van der Waals surface area contributed by atoms with Gasteiger partial charge in [-0.2, -0.15) is 5.26 Å². The van der Waals surface area contributed by atoms with Gasteiger partial charge in [-0.3, -0.25) is 0 Å². The number of hydrogen-bond donors (Lipinski definition) is 2. The Morgan fingerprint density at radius 2 is 1.83 bits per heavy atom. The van der Waals surface area contributed by atoms with Crippen LogP contribution in [0.5, 0.6) is 0 Å². The van der Waals surface area contributed by atoms with Crippen molar-refractivity contribution in [3.63, 3.8) is 0 Å². The van der Waals surface area contributed by atoms with Gasteiger partial charge in [0.2, 0.25) is 0 Å². The molecule has 1 aliphatic carbocycles. The molecule has 0 saturated heterocycles. The average molecular weight is 251 g/mol. The van der Waals surface area contributed by atoms with E-state index in [0.29, 0.717) is 0 Å². The summed E-state index contributed by atoms with van der Waals surface area (Å²) in [7, 11) is 0. The minimum atomic E-state index is -0.746. The van der Waals surface area contributed by atoms with E-state index in [4.69, 9.17) is 11.0 Å². The number of benzene rings is 1. The summed E-state index contributed by atoms with van der Waals surface area (Å²) in [4.78, 5) is 0. The van der Waals surface area contributed by atoms with Crippen LogP contribution in [0.3, 0.4) is 0 Å². The van der Waals surface area contributed by atoms with Crippen LogP contribution in [0.15, 0.2) is 12.1 Å². The zero-order valence-electron chi connectivity index (χ0n) is 9.92. The van der Waals surface area contributed by atoms with Gasteiger partial charge >= 0.3 is 0 Å². The van der Waals surface area contributed by atoms with Crippen molar-refractivity contribution in [3.05, 3.63) is 29.3 Å². The molecule has 5 heteroatoms. The van der Waals surface area contributed by atoms with E-state index in [-0.39, 0.29) is 23.3 Å². The van der Waals surface area contributed by atoms with Crippen molar-refractivity contribution in [2.45, 2.75) is 37.8 Å². The number of hydrogen-bond acceptors (Lipinski definition) is 3. The summed E-state index contributed by atoms with van der Waals surface area (Å²) in [6.07, 6.45) is 3.72. The van der Waals surface area contributed by atoms with Gasteiger partial charge in [0.1, 0.15) is 5.69 Å². The highest BCUT2D eigenvalue weighted by Crippen LogP contribution is 2.25. The molecule has 2 atom stereocenters. The fraction of sp³-hybridized carbons (Fsp3) is 0.462. The van der Waals surface area contributed by atoms with Crippen LogP contribution < -0.4 is 11.1 Å². The topological polar surface area (TPSA) is 61.8 Å². The number of nitriles is 1. The highest BCUT2D eigenvalue weighted by Gasteiger charge is 2.24. The summed E-state index contributed by atoms with van der Waals surface area (Å²) >= 11 is 0. The van der Waals surface area contributed by atoms with E-state index in [9.17, 15) is 8.78 Å². The maximum absolute atomic E-state index is 13.7. The number of halogens is 2. The van der Waals surface area contributed by atoms with Crippen LogP contribution in [0, 0.1) is 23.0 Å². The zero-order valence-corrected chi connectivity index (χ0v) is 9.92. The lowest BCUT2D eigenvalue weighted by Gasteiger charge is -2.30. The Balaban J connectivity index is 2.21. The molecule has 0 bridgehead atoms. The van der Waals surface area contributed by atoms with Crippen molar-refractivity contribution in [2.75, 3.05) is 5.32 Å². The van der Waals surface area contributed by atoms with Crippen molar-refractivity contribution < 1.29 is 8.78 Å². The van der Waals surface area contributed by atoms with Gasteiger partial charge in [0.05, 0.1) is 11.6 Å². The van der Waals surface area contributed by atoms with Gasteiger partial charge in [-0.25, -0.2) is 8.78 Å². The van der Waals surface area contributed by atoms with Gasteiger partial charge in [0.15, 0.2) is 11.6 Å². The van der Waals surface area contributed by atoms with Gasteiger partial charge < -0.3 is 11.1 Å². The van der Waals surface area contributed by atoms with Crippen molar-refractivity contribution >= 4 is 5.69 Å². The maximum Gasteiger partial charge on any atom is 0.150 e. The number of rotatable bonds is 2. The maximum atomic E-state index is 13.7. The molecule has 0 heterocycles. The van der Waals surface area contributed by atoms with Gasteiger partial charge in [-0.1, -0.05) is 12.8 Å². The number of nitrogens with one attached hydrogen (secondary N) is 1. The Morgan fingerprint density at radius 1 is 1.22 bits per heavy atom. The van der Waals surface area contributed by atoms with Crippen LogP contribution in [0.2, 0.25) is 0 Å². The average Bonchev–Trinajstić information content (AvgIpc) is 2.35. The van der Waals surface area contributed by atoms with Crippen LogP contribution in [-0.2, 0) is 0 Å². The fourth-order valence-corrected chi connectivity index (χ4v) is 2.30. The Kier molecular flexibility index (Phi) is 3.78. The largest absolute Gasteiger partial charge is 0.376 e. The Labute approximate surface area is 105 Å². The number of nitrogens with two attached hydrogens (primary N) is 1. The van der Waals surface area contributed by atoms with E-state index in [1.807, 2.05) is 0 Å². The highest BCUT2D eigenvalue weighted by molar-refractivity contribution is 5.51. The molecular weight excluding hydrogens is 236 g/mol. The normalized spacial score (nSPS) is 23.4. The number of anilines is 1. The third-order valence-electron chi connectivity index (χ3n) is 3.32. The predicted octanol–water partition coefficient (Wildman–Crippen LogP) is 2.52. The van der Waals surface area contributed by atoms with E-state index in [0.717, 1.165) is 37.8 Å². The van der Waals surface area contributed by atoms with Gasteiger partial charge in [-0.15, -0.1) is 0 Å². The Hall–Kier alpha value is -1.67. The lowest BCUT2D eigenvalue weighted by molar-refractivity contribution is 0.401. The first kappa shape index (κ1) is 12.8. The molecular formula is C13H15F2N3. The minimum Gasteiger partial charge on any atom is -0.376 e. The fourth-order valence-electron chi connectivity index (χ4n) is 2.30. The molecule has 0 amide bonds. The van der Waals surface area contributed by atoms with Crippen molar-refractivity contribution in [2.24, 2.45) is 5.73 Å². The molecule has 1 aromatic rings. The molecule has 1 saturated carbocycles. The lowest BCUT2D eigenvalue weighted by Crippen LogP contribution is -2.42. The molecule has 1 fully saturated rings. The van der Waals surface area contributed by atoms with Gasteiger partial charge in [0.25, 0.3) is 0 Å². The summed E-state index contributed by atoms with van der Waals surface area (Å²) in [5.41, 5.74) is 5.71. The van der Waals surface area contributed by atoms with Crippen LogP contribution in [0.25, 0.3) is 0 Å². The molecule has 1 aliphatic rings. The number of nitrogens with zero attached hydrogens (tertiary/aromatic N) is 1. The second-order valence-corrected chi connectivity index (χ2v) is 4.63. The lowest BCUT2D eigenvalue weighted by atomic mass is 9.91. The molecule has 0 aliphatic heterocycles. The highest BCUT2D eigenvalue weighted by atomic mass is 19.1. The summed E-state index contributed by atoms with van der Waals surface area (Å²) in [5, 5.41) is 11.5. The smallest absolute Gasteiger partial charge is 0.150 e. The summed E-state index contributed by atoms with van der Waals surface area (Å²) in [6, 6.07) is 3.57. The van der Waals surface area contributed by atoms with Gasteiger partial charge in [-0.05, 0) is 25.0 Å². The molecule has 3 nitrogen and oxygen atoms in total. The van der Waals surface area contributed by atoms with Crippen LogP contribution in [-0.4, -0.2) is 12.1 Å². The molecule has 2 rings (SSSR count). The van der Waals surface area contributed by atoms with E-state index in [1.165, 1.54) is 0 Å². The standard InChI is InChI=1S/C13H15F2N3/c14-9-5-8(7-16)6-10(15)13(9)18-12-4-2-1-3-11(12)17/h5-6,11-12,18H,1-4,17H2. The molecule has 3 N–H and O–H groups in total. The summed E-state index contributed by atoms with van der Waals surface area (Å²) in [5.74, 6) is -1.49. The molecule has 2 unspecified atom stereocenters. The van der Waals surface area contributed by atoms with E-state index >= 15 is 0 Å². The van der Waals surface area contributed by atoms with E-state index < -0.39 is 11.6 Å². The van der Waals surface area contributed by atoms with Crippen LogP contribution in [0.4, 0.5) is 14.5 Å². The van der Waals surface area contributed by atoms with Crippen LogP contribution >= 0.6 is 0 Å². The van der Waals surface area contributed by atoms with Crippen molar-refractivity contribution in [1.29, 1.82) is 5.26 Å². The van der Waals surface area contributed by atoms with Crippen molar-refractivity contribution in [3.8, 4) is 6.07 Å². The minimum absolute atomic E-state index is 0.0245. The summed E-state index contributed by atoms with van der Waals surface area (Å²) < 4.78 is 27.4. The second-order valence-electron chi connectivity index (χ2n) is 4.63. The Morgan fingerprint density at radius 3 is 2.39 bits per heavy atom. The third kappa shape index (κ3) is 2.59. The zero-order chi connectivity index (χ0) is 13.1. The second kappa shape index (κ2) is 5.32. The molecule has 0 aromatic heterocycles. The monoisotopic (exact) mass is 251 g/mol. The predicted molar refractivity (Wildman–Crippen MR) is 64.9 cm³/mol. The first-order valence-corrected chi connectivity index (χ1v) is 6.03.